The normalized spacial score (nSPS) is 14.2. The number of carbonyl (C=O) groups is 4. The molecule has 0 N–H and O–H groups in total. The van der Waals surface area contributed by atoms with Gasteiger partial charge in [-0.25, -0.2) is 9.80 Å². The van der Waals surface area contributed by atoms with Crippen LogP contribution in [0, 0.1) is 0 Å². The Bertz CT molecular complexity index is 1670. The molecule has 186 valence electrons. The largest absolute Gasteiger partial charge is 0.497 e. The lowest BCUT2D eigenvalue weighted by atomic mass is 9.97. The molecule has 4 amide bonds. The predicted octanol–water partition coefficient (Wildman–Crippen LogP) is 4.97. The molecule has 0 saturated carbocycles. The lowest BCUT2D eigenvalue weighted by Gasteiger charge is -2.14. The van der Waals surface area contributed by atoms with Crippen LogP contribution in [0.4, 0.5) is 11.4 Å². The van der Waals surface area contributed by atoms with Gasteiger partial charge in [0.2, 0.25) is 0 Å². The molecule has 8 heteroatoms. The summed E-state index contributed by atoms with van der Waals surface area (Å²) in [7, 11) is 3.05. The SMILES string of the molecule is COc1ccc(N2C(=O)c3ccc(-c4ccc5c(c4)C(=O)N(c4cccc(OC)c4)C5=O)cc3C2=O)cc1. The van der Waals surface area contributed by atoms with Gasteiger partial charge in [-0.2, -0.15) is 0 Å². The number of hydrogen-bond donors (Lipinski definition) is 0. The zero-order valence-corrected chi connectivity index (χ0v) is 20.4. The van der Waals surface area contributed by atoms with E-state index in [2.05, 4.69) is 0 Å². The summed E-state index contributed by atoms with van der Waals surface area (Å²) >= 11 is 0. The molecule has 0 radical (unpaired) electrons. The second-order valence-corrected chi connectivity index (χ2v) is 8.81. The highest BCUT2D eigenvalue weighted by Crippen LogP contribution is 2.35. The second-order valence-electron chi connectivity index (χ2n) is 8.81. The molecule has 8 nitrogen and oxygen atoms in total. The van der Waals surface area contributed by atoms with Crippen LogP contribution in [0.25, 0.3) is 11.1 Å². The van der Waals surface area contributed by atoms with Gasteiger partial charge in [0, 0.05) is 6.07 Å². The van der Waals surface area contributed by atoms with Gasteiger partial charge >= 0.3 is 0 Å². The van der Waals surface area contributed by atoms with Gasteiger partial charge in [0.05, 0.1) is 47.8 Å². The number of amides is 4. The number of nitrogens with zero attached hydrogens (tertiary/aromatic N) is 2. The number of imide groups is 2. The Morgan fingerprint density at radius 1 is 0.474 bits per heavy atom. The molecule has 2 heterocycles. The first-order valence-electron chi connectivity index (χ1n) is 11.8. The first-order valence-corrected chi connectivity index (χ1v) is 11.8. The van der Waals surface area contributed by atoms with E-state index in [0.717, 1.165) is 9.80 Å². The van der Waals surface area contributed by atoms with Crippen molar-refractivity contribution in [3.05, 3.63) is 107 Å². The van der Waals surface area contributed by atoms with E-state index in [1.165, 1.54) is 14.2 Å². The standard InChI is InChI=1S/C30H20N2O6/c1-37-21-10-8-19(9-11-21)31-27(33)23-12-6-17(14-25(23)29(31)35)18-7-13-24-26(15-18)30(36)32(28(24)34)20-4-3-5-22(16-20)38-2/h3-16H,1-2H3. The van der Waals surface area contributed by atoms with Gasteiger partial charge in [-0.05, 0) is 71.8 Å². The summed E-state index contributed by atoms with van der Waals surface area (Å²) in [6, 6.07) is 23.3. The molecule has 2 aliphatic rings. The van der Waals surface area contributed by atoms with Gasteiger partial charge < -0.3 is 9.47 Å². The third-order valence-corrected chi connectivity index (χ3v) is 6.75. The molecule has 0 fully saturated rings. The number of fused-ring (bicyclic) bond motifs is 2. The van der Waals surface area contributed by atoms with Gasteiger partial charge in [0.1, 0.15) is 11.5 Å². The summed E-state index contributed by atoms with van der Waals surface area (Å²) in [5.41, 5.74) is 3.26. The predicted molar refractivity (Wildman–Crippen MR) is 140 cm³/mol. The fraction of sp³-hybridized carbons (Fsp3) is 0.0667. The first kappa shape index (κ1) is 23.2. The zero-order chi connectivity index (χ0) is 26.6. The van der Waals surface area contributed by atoms with E-state index in [4.69, 9.17) is 9.47 Å². The van der Waals surface area contributed by atoms with E-state index >= 15 is 0 Å². The van der Waals surface area contributed by atoms with E-state index < -0.39 is 23.6 Å². The Labute approximate surface area is 217 Å². The molecule has 0 spiro atoms. The lowest BCUT2D eigenvalue weighted by molar-refractivity contribution is 0.0910. The average Bonchev–Trinajstić information content (AvgIpc) is 3.36. The van der Waals surface area contributed by atoms with Crippen molar-refractivity contribution in [3.63, 3.8) is 0 Å². The lowest BCUT2D eigenvalue weighted by Crippen LogP contribution is -2.29. The van der Waals surface area contributed by atoms with Gasteiger partial charge in [-0.15, -0.1) is 0 Å². The summed E-state index contributed by atoms with van der Waals surface area (Å²) in [6.45, 7) is 0. The number of methoxy groups -OCH3 is 2. The van der Waals surface area contributed by atoms with Crippen molar-refractivity contribution in [2.45, 2.75) is 0 Å². The summed E-state index contributed by atoms with van der Waals surface area (Å²) < 4.78 is 10.4. The van der Waals surface area contributed by atoms with Crippen LogP contribution in [0.5, 0.6) is 11.5 Å². The van der Waals surface area contributed by atoms with Crippen LogP contribution < -0.4 is 19.3 Å². The summed E-state index contributed by atoms with van der Waals surface area (Å²) in [5.74, 6) is -0.574. The van der Waals surface area contributed by atoms with Crippen molar-refractivity contribution in [1.82, 2.24) is 0 Å². The third kappa shape index (κ3) is 3.46. The fourth-order valence-electron chi connectivity index (χ4n) is 4.79. The van der Waals surface area contributed by atoms with Crippen LogP contribution in [0.15, 0.2) is 84.9 Å². The minimum Gasteiger partial charge on any atom is -0.497 e. The summed E-state index contributed by atoms with van der Waals surface area (Å²) in [4.78, 5) is 54.9. The maximum Gasteiger partial charge on any atom is 0.266 e. The minimum atomic E-state index is -0.446. The molecule has 4 aromatic carbocycles. The molecule has 6 rings (SSSR count). The fourth-order valence-corrected chi connectivity index (χ4v) is 4.79. The number of hydrogen-bond acceptors (Lipinski definition) is 6. The average molecular weight is 504 g/mol. The van der Waals surface area contributed by atoms with Crippen LogP contribution >= 0.6 is 0 Å². The molecule has 0 atom stereocenters. The molecule has 2 aliphatic heterocycles. The Hall–Kier alpha value is -5.24. The topological polar surface area (TPSA) is 93.2 Å². The van der Waals surface area contributed by atoms with E-state index in [-0.39, 0.29) is 11.1 Å². The van der Waals surface area contributed by atoms with Crippen molar-refractivity contribution in [2.24, 2.45) is 0 Å². The maximum absolute atomic E-state index is 13.3. The van der Waals surface area contributed by atoms with Crippen molar-refractivity contribution < 1.29 is 28.7 Å². The van der Waals surface area contributed by atoms with E-state index in [9.17, 15) is 19.2 Å². The molecule has 0 aliphatic carbocycles. The summed E-state index contributed by atoms with van der Waals surface area (Å²) in [6.07, 6.45) is 0. The van der Waals surface area contributed by atoms with Crippen LogP contribution in [-0.2, 0) is 0 Å². The molecule has 0 bridgehead atoms. The highest BCUT2D eigenvalue weighted by Gasteiger charge is 2.38. The number of ether oxygens (including phenoxy) is 2. The van der Waals surface area contributed by atoms with Crippen LogP contribution in [-0.4, -0.2) is 37.8 Å². The molecule has 38 heavy (non-hydrogen) atoms. The molecule has 0 saturated heterocycles. The molecule has 0 unspecified atom stereocenters. The smallest absolute Gasteiger partial charge is 0.266 e. The minimum absolute atomic E-state index is 0.262. The Kier molecular flexibility index (Phi) is 5.31. The monoisotopic (exact) mass is 504 g/mol. The number of anilines is 2. The highest BCUT2D eigenvalue weighted by atomic mass is 16.5. The van der Waals surface area contributed by atoms with Crippen molar-refractivity contribution >= 4 is 35.0 Å². The van der Waals surface area contributed by atoms with E-state index in [0.29, 0.717) is 45.1 Å². The van der Waals surface area contributed by atoms with Gasteiger partial charge in [-0.1, -0.05) is 18.2 Å². The van der Waals surface area contributed by atoms with Crippen molar-refractivity contribution in [1.29, 1.82) is 0 Å². The molecule has 0 aromatic heterocycles. The number of rotatable bonds is 5. The zero-order valence-electron chi connectivity index (χ0n) is 20.4. The Morgan fingerprint density at radius 2 is 0.974 bits per heavy atom. The van der Waals surface area contributed by atoms with E-state index in [1.54, 1.807) is 84.9 Å². The highest BCUT2D eigenvalue weighted by molar-refractivity contribution is 6.35. The summed E-state index contributed by atoms with van der Waals surface area (Å²) in [5, 5.41) is 0. The second kappa shape index (κ2) is 8.70. The van der Waals surface area contributed by atoms with E-state index in [1.807, 2.05) is 0 Å². The number of carbonyl (C=O) groups excluding carboxylic acids is 4. The number of benzene rings is 4. The van der Waals surface area contributed by atoms with Gasteiger partial charge in [0.15, 0.2) is 0 Å². The maximum atomic E-state index is 13.3. The molecular formula is C30H20N2O6. The Balaban J connectivity index is 1.33. The van der Waals surface area contributed by atoms with Crippen LogP contribution in [0.3, 0.4) is 0 Å². The molecule has 4 aromatic rings. The third-order valence-electron chi connectivity index (χ3n) is 6.75. The van der Waals surface area contributed by atoms with Crippen LogP contribution in [0.2, 0.25) is 0 Å². The first-order chi connectivity index (χ1) is 18.4. The van der Waals surface area contributed by atoms with Gasteiger partial charge in [-0.3, -0.25) is 19.2 Å². The van der Waals surface area contributed by atoms with Crippen LogP contribution in [0.1, 0.15) is 41.4 Å². The van der Waals surface area contributed by atoms with Gasteiger partial charge in [0.25, 0.3) is 23.6 Å². The van der Waals surface area contributed by atoms with Crippen molar-refractivity contribution in [2.75, 3.05) is 24.0 Å². The quantitative estimate of drug-likeness (QED) is 0.356. The Morgan fingerprint density at radius 3 is 1.50 bits per heavy atom. The molecular weight excluding hydrogens is 484 g/mol. The van der Waals surface area contributed by atoms with Crippen molar-refractivity contribution in [3.8, 4) is 22.6 Å².